The van der Waals surface area contributed by atoms with Gasteiger partial charge in [-0.2, -0.15) is 211 Å². The average molecular weight is 2480 g/mol. The number of benzene rings is 14. The maximum atomic E-state index is 4.47. The topological polar surface area (TPSA) is 143 Å². The van der Waals surface area contributed by atoms with Crippen LogP contribution in [0.1, 0.15) is 45.6 Å². The van der Waals surface area contributed by atoms with Crippen LogP contribution in [-0.2, 0) is 80.4 Å². The smallest absolute Gasteiger partial charge is 0.0600 e. The Hall–Kier alpha value is -14.6. The number of aryl methyl sites for hydroxylation is 8. The monoisotopic (exact) mass is 2480 g/mol. The van der Waals surface area contributed by atoms with Gasteiger partial charge in [0.15, 0.2) is 0 Å². The summed E-state index contributed by atoms with van der Waals surface area (Å²) in [4.78, 5) is 0. The summed E-state index contributed by atoms with van der Waals surface area (Å²) >= 11 is 0. The fraction of sp³-hybridized carbons (Fsp3) is 0.0690. The van der Waals surface area contributed by atoms with Gasteiger partial charge in [-0.25, -0.2) is 0 Å². The number of aromatic nitrogens is 16. The summed E-state index contributed by atoms with van der Waals surface area (Å²) in [5.74, 6) is 0. The maximum Gasteiger partial charge on any atom is 0.0600 e. The van der Waals surface area contributed by atoms with Gasteiger partial charge in [-0.3, -0.25) is 37.5 Å². The van der Waals surface area contributed by atoms with Gasteiger partial charge in [0, 0.05) is 153 Å². The van der Waals surface area contributed by atoms with E-state index in [-0.39, 0.29) is 80.4 Å². The molecule has 136 heavy (non-hydrogen) atoms. The third-order valence-electron chi connectivity index (χ3n) is 20.8. The van der Waals surface area contributed by atoms with E-state index >= 15 is 0 Å². The van der Waals surface area contributed by atoms with Gasteiger partial charge in [-0.05, 0) is 172 Å². The van der Waals surface area contributed by atoms with Crippen molar-refractivity contribution in [2.45, 2.75) is 55.4 Å². The average Bonchev–Trinajstić information content (AvgIpc) is 1.71. The van der Waals surface area contributed by atoms with E-state index < -0.39 is 0 Å². The Morgan fingerprint density at radius 1 is 0.176 bits per heavy atom. The molecule has 14 aromatic carbocycles. The first-order valence-electron chi connectivity index (χ1n) is 43.3. The van der Waals surface area contributed by atoms with Crippen LogP contribution in [0.5, 0.6) is 0 Å². The van der Waals surface area contributed by atoms with Crippen LogP contribution in [0.4, 0.5) is 0 Å². The van der Waals surface area contributed by atoms with Crippen molar-refractivity contribution in [2.24, 2.45) is 0 Å². The summed E-state index contributed by atoms with van der Waals surface area (Å²) in [5.41, 5.74) is 30.8. The molecule has 0 fully saturated rings. The van der Waals surface area contributed by atoms with Crippen molar-refractivity contribution >= 4 is 0 Å². The fourth-order valence-corrected chi connectivity index (χ4v) is 14.4. The van der Waals surface area contributed by atoms with Crippen molar-refractivity contribution in [3.8, 4) is 112 Å². The molecular formula is C116H96Ir4N16-8. The third kappa shape index (κ3) is 28.7. The van der Waals surface area contributed by atoms with Gasteiger partial charge < -0.3 is 0 Å². The van der Waals surface area contributed by atoms with Crippen molar-refractivity contribution < 1.29 is 80.4 Å². The normalized spacial score (nSPS) is 10.1. The van der Waals surface area contributed by atoms with Gasteiger partial charge in [-0.1, -0.05) is 192 Å². The molecule has 0 aliphatic carbocycles. The molecule has 0 bridgehead atoms. The molecule has 16 nitrogen and oxygen atoms in total. The van der Waals surface area contributed by atoms with Crippen LogP contribution in [-0.4, -0.2) is 78.2 Å². The molecule has 0 N–H and O–H groups in total. The Morgan fingerprint density at radius 3 is 0.551 bits per heavy atom. The van der Waals surface area contributed by atoms with E-state index in [1.165, 1.54) is 55.6 Å². The molecule has 0 atom stereocenters. The molecule has 22 rings (SSSR count). The number of nitrogens with zero attached hydrogens (tertiary/aromatic N) is 16. The molecule has 4 radical (unpaired) electrons. The standard InChI is InChI=1S/2C21H15N2.2C17H15N2.2C11H11N2.2C9H7N2.4Ir/c2*1-2-5-17(6-3-1)18-7-9-19(10-8-18)20-11-13-21(14-12-20)23-16-4-15-22-23;2*1-13-12-14(2)19(18-13)17-10-8-16(9-11-17)15-6-4-3-5-7-15;2*1-9-8-10(2)13(12-9)11-6-4-3-5-7-11;2*1-2-5-9(6-3-1)11-8-4-7-10-11;;;;/h2*1-13,15-16H;2*3-10,12H,1-2H3;2*3-6,8H,1-2H3;2*1-5,7-8H;;;;/q8*-1;;;;. The largest absolute Gasteiger partial charge is 0.266 e. The molecule has 8 heterocycles. The van der Waals surface area contributed by atoms with Crippen molar-refractivity contribution in [1.82, 2.24) is 78.2 Å². The van der Waals surface area contributed by atoms with Crippen LogP contribution in [0.2, 0.25) is 0 Å². The summed E-state index contributed by atoms with van der Waals surface area (Å²) in [5, 5.41) is 34.3. The van der Waals surface area contributed by atoms with Gasteiger partial charge in [0.25, 0.3) is 0 Å². The Bertz CT molecular complexity index is 6660. The van der Waals surface area contributed by atoms with E-state index in [1.54, 1.807) is 34.2 Å². The van der Waals surface area contributed by atoms with E-state index in [2.05, 4.69) is 285 Å². The summed E-state index contributed by atoms with van der Waals surface area (Å²) < 4.78 is 14.8. The first-order valence-corrected chi connectivity index (χ1v) is 43.3. The Balaban J connectivity index is 0.000000151. The predicted molar refractivity (Wildman–Crippen MR) is 530 cm³/mol. The molecular weight excluding hydrogens is 2390 g/mol. The van der Waals surface area contributed by atoms with E-state index in [4.69, 9.17) is 0 Å². The van der Waals surface area contributed by atoms with Gasteiger partial charge >= 0.3 is 0 Å². The van der Waals surface area contributed by atoms with Crippen molar-refractivity contribution in [3.63, 3.8) is 0 Å². The number of hydrogen-bond acceptors (Lipinski definition) is 8. The molecule has 22 aromatic rings. The van der Waals surface area contributed by atoms with Crippen LogP contribution in [0.15, 0.2) is 438 Å². The molecule has 0 unspecified atom stereocenters. The molecule has 0 spiro atoms. The first kappa shape index (κ1) is 102. The van der Waals surface area contributed by atoms with Crippen LogP contribution < -0.4 is 0 Å². The first-order chi connectivity index (χ1) is 64.7. The molecule has 0 aliphatic heterocycles. The maximum absolute atomic E-state index is 4.47. The summed E-state index contributed by atoms with van der Waals surface area (Å²) in [6.07, 6.45) is 14.7. The second-order valence-electron chi connectivity index (χ2n) is 30.6. The van der Waals surface area contributed by atoms with Gasteiger partial charge in [0.2, 0.25) is 0 Å². The number of para-hydroxylation sites is 4. The molecule has 0 aliphatic rings. The van der Waals surface area contributed by atoms with Crippen molar-refractivity contribution in [3.05, 3.63) is 532 Å². The van der Waals surface area contributed by atoms with E-state index in [9.17, 15) is 0 Å². The summed E-state index contributed by atoms with van der Waals surface area (Å²) in [7, 11) is 0. The summed E-state index contributed by atoms with van der Waals surface area (Å²) in [6.45, 7) is 16.2. The van der Waals surface area contributed by atoms with Crippen molar-refractivity contribution in [1.29, 1.82) is 0 Å². The molecule has 0 saturated heterocycles. The van der Waals surface area contributed by atoms with Crippen molar-refractivity contribution in [2.75, 3.05) is 0 Å². The summed E-state index contributed by atoms with van der Waals surface area (Å²) in [6, 6.07) is 156. The molecule has 20 heteroatoms. The van der Waals surface area contributed by atoms with E-state index in [1.807, 2.05) is 301 Å². The minimum Gasteiger partial charge on any atom is -0.266 e. The zero-order valence-corrected chi connectivity index (χ0v) is 85.6. The minimum atomic E-state index is 0. The second kappa shape index (κ2) is 52.1. The Labute approximate surface area is 850 Å². The van der Waals surface area contributed by atoms with Crippen LogP contribution in [0.25, 0.3) is 112 Å². The third-order valence-corrected chi connectivity index (χ3v) is 20.8. The van der Waals surface area contributed by atoms with Crippen LogP contribution >= 0.6 is 0 Å². The quantitative estimate of drug-likeness (QED) is 0.0980. The number of rotatable bonds is 14. The SMILES string of the molecule is Cc1cc(C)n(-c2[c-]cc(-c3ccccc3)cc2)n1.Cc1cc(C)n(-c2[c-]cc(-c3ccccc3)cc2)n1.Cc1cc(C)n(-c2[c-]cccc2)n1.Cc1cc(C)n(-c2[c-]cccc2)n1.[Ir].[Ir].[Ir].[Ir].[c-]1cc(-c2ccc(-c3ccccc3)cc2)ccc1-n1cccn1.[c-]1cc(-c2ccc(-c3ccccc3)cc2)ccc1-n1cccn1.[c-]1ccccc1-n1cccn1.[c-]1ccccc1-n1cccn1. The Kier molecular flexibility index (Phi) is 39.1. The Morgan fingerprint density at radius 2 is 0.360 bits per heavy atom. The van der Waals surface area contributed by atoms with Crippen LogP contribution in [0.3, 0.4) is 0 Å². The predicted octanol–water partition coefficient (Wildman–Crippen LogP) is 25.8. The number of hydrogen-bond donors (Lipinski definition) is 0. The molecule has 0 amide bonds. The molecule has 684 valence electrons. The zero-order valence-electron chi connectivity index (χ0n) is 76.1. The van der Waals surface area contributed by atoms with E-state index in [0.29, 0.717) is 0 Å². The fourth-order valence-electron chi connectivity index (χ4n) is 14.4. The molecule has 0 saturated carbocycles. The van der Waals surface area contributed by atoms with E-state index in [0.717, 1.165) is 102 Å². The second-order valence-corrected chi connectivity index (χ2v) is 30.6. The molecule has 8 aromatic heterocycles. The zero-order chi connectivity index (χ0) is 91.0. The van der Waals surface area contributed by atoms with Gasteiger partial charge in [0.05, 0.1) is 22.8 Å². The van der Waals surface area contributed by atoms with Gasteiger partial charge in [-0.15, -0.1) is 70.8 Å². The van der Waals surface area contributed by atoms with Gasteiger partial charge in [0.1, 0.15) is 0 Å². The minimum absolute atomic E-state index is 0. The van der Waals surface area contributed by atoms with Crippen LogP contribution in [0, 0.1) is 104 Å².